The highest BCUT2D eigenvalue weighted by atomic mass is 16.6. The highest BCUT2D eigenvalue weighted by Gasteiger charge is 2.21. The van der Waals surface area contributed by atoms with Crippen LogP contribution in [-0.2, 0) is 0 Å². The van der Waals surface area contributed by atoms with Crippen LogP contribution in [0.4, 0.5) is 11.4 Å². The summed E-state index contributed by atoms with van der Waals surface area (Å²) in [7, 11) is 4.30. The van der Waals surface area contributed by atoms with E-state index in [4.69, 9.17) is 18.6 Å². The van der Waals surface area contributed by atoms with Gasteiger partial charge in [-0.25, -0.2) is 0 Å². The monoisotopic (exact) mass is 476 g/mol. The number of benzene rings is 3. The fourth-order valence-corrected chi connectivity index (χ4v) is 3.64. The Kier molecular flexibility index (Phi) is 6.36. The Hall–Kier alpha value is -4.86. The van der Waals surface area contributed by atoms with E-state index < -0.39 is 10.8 Å². The molecule has 0 bridgehead atoms. The number of nitrogens with one attached hydrogen (secondary N) is 1. The van der Waals surface area contributed by atoms with Crippen LogP contribution in [0.5, 0.6) is 17.2 Å². The average molecular weight is 476 g/mol. The summed E-state index contributed by atoms with van der Waals surface area (Å²) in [6.07, 6.45) is 0. The summed E-state index contributed by atoms with van der Waals surface area (Å²) in [5.41, 5.74) is 0.724. The first-order valence-electron chi connectivity index (χ1n) is 10.3. The number of non-ortho nitro benzene ring substituents is 1. The van der Waals surface area contributed by atoms with Crippen LogP contribution < -0.4 is 25.0 Å². The van der Waals surface area contributed by atoms with Gasteiger partial charge >= 0.3 is 0 Å². The van der Waals surface area contributed by atoms with E-state index in [1.807, 2.05) is 0 Å². The van der Waals surface area contributed by atoms with Crippen molar-refractivity contribution >= 4 is 28.3 Å². The van der Waals surface area contributed by atoms with Gasteiger partial charge in [-0.05, 0) is 18.2 Å². The van der Waals surface area contributed by atoms with Crippen molar-refractivity contribution in [3.05, 3.63) is 86.6 Å². The Labute approximate surface area is 198 Å². The summed E-state index contributed by atoms with van der Waals surface area (Å²) in [6, 6.07) is 14.9. The number of nitro benzene ring substituents is 1. The third-order valence-corrected chi connectivity index (χ3v) is 5.25. The summed E-state index contributed by atoms with van der Waals surface area (Å²) in [5.74, 6) is 0.516. The van der Waals surface area contributed by atoms with Gasteiger partial charge in [-0.3, -0.25) is 19.7 Å². The second-order valence-corrected chi connectivity index (χ2v) is 7.34. The van der Waals surface area contributed by atoms with E-state index in [1.54, 1.807) is 30.3 Å². The minimum Gasteiger partial charge on any atom is -0.493 e. The first kappa shape index (κ1) is 23.3. The van der Waals surface area contributed by atoms with E-state index in [2.05, 4.69) is 5.32 Å². The van der Waals surface area contributed by atoms with Gasteiger partial charge in [0.05, 0.1) is 26.3 Å². The maximum Gasteiger partial charge on any atom is 0.271 e. The fourth-order valence-electron chi connectivity index (χ4n) is 3.64. The predicted octanol–water partition coefficient (Wildman–Crippen LogP) is 4.65. The Morgan fingerprint density at radius 1 is 0.943 bits per heavy atom. The third kappa shape index (κ3) is 4.49. The van der Waals surface area contributed by atoms with Gasteiger partial charge in [0.1, 0.15) is 16.7 Å². The first-order valence-corrected chi connectivity index (χ1v) is 10.3. The first-order chi connectivity index (χ1) is 16.9. The zero-order chi connectivity index (χ0) is 25.1. The molecule has 0 atom stereocenters. The van der Waals surface area contributed by atoms with E-state index in [9.17, 15) is 19.7 Å². The second kappa shape index (κ2) is 9.56. The van der Waals surface area contributed by atoms with Crippen molar-refractivity contribution in [3.63, 3.8) is 0 Å². The molecule has 0 unspecified atom stereocenters. The molecular formula is C25H20N2O8. The van der Waals surface area contributed by atoms with Crippen molar-refractivity contribution < 1.29 is 28.3 Å². The van der Waals surface area contributed by atoms with Crippen LogP contribution in [0.25, 0.3) is 22.3 Å². The number of carbonyl (C=O) groups excluding carboxylic acids is 1. The molecule has 0 aliphatic heterocycles. The number of hydrogen-bond acceptors (Lipinski definition) is 8. The molecule has 4 rings (SSSR count). The summed E-state index contributed by atoms with van der Waals surface area (Å²) in [4.78, 5) is 36.2. The van der Waals surface area contributed by atoms with Crippen LogP contribution in [-0.4, -0.2) is 32.2 Å². The van der Waals surface area contributed by atoms with Crippen molar-refractivity contribution in [2.45, 2.75) is 0 Å². The molecule has 0 fully saturated rings. The molecular weight excluding hydrogens is 456 g/mol. The molecule has 10 nitrogen and oxygen atoms in total. The van der Waals surface area contributed by atoms with Crippen molar-refractivity contribution in [3.8, 4) is 28.6 Å². The highest BCUT2D eigenvalue weighted by molar-refractivity contribution is 6.05. The van der Waals surface area contributed by atoms with E-state index in [0.717, 1.165) is 0 Å². The van der Waals surface area contributed by atoms with Crippen LogP contribution in [0.1, 0.15) is 10.4 Å². The number of anilines is 1. The zero-order valence-corrected chi connectivity index (χ0v) is 19.0. The minimum absolute atomic E-state index is 0.142. The quantitative estimate of drug-likeness (QED) is 0.301. The smallest absolute Gasteiger partial charge is 0.271 e. The maximum atomic E-state index is 13.0. The van der Waals surface area contributed by atoms with Crippen LogP contribution >= 0.6 is 0 Å². The van der Waals surface area contributed by atoms with Crippen molar-refractivity contribution in [1.29, 1.82) is 0 Å². The number of fused-ring (bicyclic) bond motifs is 1. The van der Waals surface area contributed by atoms with E-state index in [-0.39, 0.29) is 50.6 Å². The number of carbonyl (C=O) groups is 1. The van der Waals surface area contributed by atoms with Crippen molar-refractivity contribution in [2.75, 3.05) is 26.6 Å². The minimum atomic E-state index is -0.544. The van der Waals surface area contributed by atoms with Crippen LogP contribution in [0.3, 0.4) is 0 Å². The molecule has 0 radical (unpaired) electrons. The van der Waals surface area contributed by atoms with Gasteiger partial charge in [-0.15, -0.1) is 0 Å². The lowest BCUT2D eigenvalue weighted by Gasteiger charge is -2.14. The summed E-state index contributed by atoms with van der Waals surface area (Å²) >= 11 is 0. The largest absolute Gasteiger partial charge is 0.493 e. The number of hydrogen-bond donors (Lipinski definition) is 1. The molecule has 10 heteroatoms. The van der Waals surface area contributed by atoms with Crippen molar-refractivity contribution in [2.24, 2.45) is 0 Å². The van der Waals surface area contributed by atoms with Gasteiger partial charge in [0.2, 0.25) is 5.75 Å². The summed E-state index contributed by atoms with van der Waals surface area (Å²) in [6.45, 7) is 0. The summed E-state index contributed by atoms with van der Waals surface area (Å²) in [5, 5.41) is 13.8. The van der Waals surface area contributed by atoms with Crippen molar-refractivity contribution in [1.82, 2.24) is 0 Å². The van der Waals surface area contributed by atoms with E-state index >= 15 is 0 Å². The Balaban J connectivity index is 1.73. The molecule has 1 heterocycles. The third-order valence-electron chi connectivity index (χ3n) is 5.25. The molecule has 4 aromatic rings. The molecule has 1 aromatic heterocycles. The van der Waals surface area contributed by atoms with Gasteiger partial charge < -0.3 is 23.9 Å². The number of methoxy groups -OCH3 is 3. The molecule has 0 aliphatic rings. The predicted molar refractivity (Wildman–Crippen MR) is 129 cm³/mol. The molecule has 1 N–H and O–H groups in total. The van der Waals surface area contributed by atoms with E-state index in [0.29, 0.717) is 11.3 Å². The number of ether oxygens (including phenoxy) is 3. The number of amides is 1. The molecule has 0 spiro atoms. The van der Waals surface area contributed by atoms with Gasteiger partial charge in [0, 0.05) is 41.1 Å². The van der Waals surface area contributed by atoms with Gasteiger partial charge in [0.25, 0.3) is 11.6 Å². The standard InChI is InChI=1S/C25H20N2O8/c1-32-21-13-20-22(24(34-3)23(21)33-2)18(28)12-19(35-20)14-6-4-7-15(10-14)25(29)26-16-8-5-9-17(11-16)27(30)31/h4-13H,1-3H3,(H,26,29). The lowest BCUT2D eigenvalue weighted by Crippen LogP contribution is -2.12. The lowest BCUT2D eigenvalue weighted by atomic mass is 10.1. The average Bonchev–Trinajstić information content (AvgIpc) is 2.87. The Bertz CT molecular complexity index is 1510. The Morgan fingerprint density at radius 3 is 2.37 bits per heavy atom. The highest BCUT2D eigenvalue weighted by Crippen LogP contribution is 2.42. The lowest BCUT2D eigenvalue weighted by molar-refractivity contribution is -0.384. The fraction of sp³-hybridized carbons (Fsp3) is 0.120. The van der Waals surface area contributed by atoms with Gasteiger partial charge in [-0.2, -0.15) is 0 Å². The molecule has 178 valence electrons. The zero-order valence-electron chi connectivity index (χ0n) is 19.0. The van der Waals surface area contributed by atoms with Gasteiger partial charge in [-0.1, -0.05) is 18.2 Å². The Morgan fingerprint density at radius 2 is 1.69 bits per heavy atom. The van der Waals surface area contributed by atoms with Gasteiger partial charge in [0.15, 0.2) is 16.9 Å². The molecule has 0 saturated heterocycles. The number of nitro groups is 1. The second-order valence-electron chi connectivity index (χ2n) is 7.34. The number of nitrogens with zero attached hydrogens (tertiary/aromatic N) is 1. The number of rotatable bonds is 7. The van der Waals surface area contributed by atoms with E-state index in [1.165, 1.54) is 51.7 Å². The SMILES string of the molecule is COc1cc2oc(-c3cccc(C(=O)Nc4cccc([N+](=O)[O-])c4)c3)cc(=O)c2c(OC)c1OC. The van der Waals surface area contributed by atoms with Crippen LogP contribution in [0, 0.1) is 10.1 Å². The summed E-state index contributed by atoms with van der Waals surface area (Å²) < 4.78 is 22.1. The van der Waals surface area contributed by atoms with Crippen LogP contribution in [0.15, 0.2) is 69.9 Å². The van der Waals surface area contributed by atoms with Crippen LogP contribution in [0.2, 0.25) is 0 Å². The molecule has 0 saturated carbocycles. The normalized spacial score (nSPS) is 10.6. The topological polar surface area (TPSA) is 130 Å². The molecule has 35 heavy (non-hydrogen) atoms. The molecule has 0 aliphatic carbocycles. The molecule has 1 amide bonds. The maximum absolute atomic E-state index is 13.0. The molecule has 3 aromatic carbocycles.